The Kier molecular flexibility index (Phi) is 5.39. The van der Waals surface area contributed by atoms with Crippen molar-refractivity contribution in [2.75, 3.05) is 13.2 Å². The van der Waals surface area contributed by atoms with Gasteiger partial charge in [-0.15, -0.1) is 0 Å². The molecule has 1 amide bonds. The van der Waals surface area contributed by atoms with Crippen LogP contribution in [0.3, 0.4) is 0 Å². The zero-order valence-electron chi connectivity index (χ0n) is 13.1. The maximum Gasteiger partial charge on any atom is 0.410 e. The molecule has 0 aromatic heterocycles. The van der Waals surface area contributed by atoms with Gasteiger partial charge in [-0.2, -0.15) is 0 Å². The third-order valence-electron chi connectivity index (χ3n) is 3.66. The number of carbonyl (C=O) groups excluding carboxylic acids is 1. The van der Waals surface area contributed by atoms with Gasteiger partial charge in [-0.1, -0.05) is 12.2 Å². The molecule has 1 fully saturated rings. The van der Waals surface area contributed by atoms with Crippen LogP contribution in [0.5, 0.6) is 0 Å². The third kappa shape index (κ3) is 4.46. The standard InChI is InChI=1S/C15H25NO5/c1-9(2)11-7-16(14(20)21-15(3,4)5)12(8-17)10(11)6-13(18)19/h10-12,17H,1,6-8H2,2-5H3,(H,18,19)/t10-,11-,12+/m0/s1. The normalized spacial score (nSPS) is 25.8. The van der Waals surface area contributed by atoms with Crippen LogP contribution in [0.2, 0.25) is 0 Å². The molecule has 1 aliphatic heterocycles. The number of aliphatic hydroxyl groups excluding tert-OH is 1. The molecule has 0 saturated carbocycles. The molecule has 3 atom stereocenters. The van der Waals surface area contributed by atoms with Gasteiger partial charge >= 0.3 is 12.1 Å². The van der Waals surface area contributed by atoms with Crippen LogP contribution in [-0.4, -0.2) is 52.0 Å². The van der Waals surface area contributed by atoms with Crippen molar-refractivity contribution in [2.24, 2.45) is 11.8 Å². The van der Waals surface area contributed by atoms with Gasteiger partial charge in [0.1, 0.15) is 5.60 Å². The van der Waals surface area contributed by atoms with E-state index in [0.29, 0.717) is 6.54 Å². The highest BCUT2D eigenvalue weighted by Gasteiger charge is 2.45. The van der Waals surface area contributed by atoms with Crippen molar-refractivity contribution in [3.8, 4) is 0 Å². The van der Waals surface area contributed by atoms with Gasteiger partial charge in [0, 0.05) is 18.4 Å². The predicted molar refractivity (Wildman–Crippen MR) is 77.9 cm³/mol. The Hall–Kier alpha value is -1.56. The first-order chi connectivity index (χ1) is 9.56. The fourth-order valence-electron chi connectivity index (χ4n) is 2.75. The smallest absolute Gasteiger partial charge is 0.410 e. The number of amides is 1. The summed E-state index contributed by atoms with van der Waals surface area (Å²) < 4.78 is 5.33. The molecule has 21 heavy (non-hydrogen) atoms. The van der Waals surface area contributed by atoms with Crippen molar-refractivity contribution in [3.05, 3.63) is 12.2 Å². The number of hydrogen-bond donors (Lipinski definition) is 2. The highest BCUT2D eigenvalue weighted by Crippen LogP contribution is 2.37. The molecule has 1 heterocycles. The van der Waals surface area contributed by atoms with E-state index < -0.39 is 23.7 Å². The topological polar surface area (TPSA) is 87.1 Å². The molecule has 1 aliphatic rings. The van der Waals surface area contributed by atoms with Gasteiger partial charge in [-0.3, -0.25) is 4.79 Å². The maximum absolute atomic E-state index is 12.2. The minimum Gasteiger partial charge on any atom is -0.481 e. The summed E-state index contributed by atoms with van der Waals surface area (Å²) in [5.74, 6) is -1.45. The summed E-state index contributed by atoms with van der Waals surface area (Å²) in [6.45, 7) is 11.0. The summed E-state index contributed by atoms with van der Waals surface area (Å²) in [4.78, 5) is 24.7. The summed E-state index contributed by atoms with van der Waals surface area (Å²) in [5.41, 5.74) is 0.173. The predicted octanol–water partition coefficient (Wildman–Crippen LogP) is 1.88. The average Bonchev–Trinajstić information content (AvgIpc) is 2.64. The number of carboxylic acids is 1. The Balaban J connectivity index is 2.98. The van der Waals surface area contributed by atoms with Gasteiger partial charge in [0.2, 0.25) is 0 Å². The van der Waals surface area contributed by atoms with E-state index in [2.05, 4.69) is 6.58 Å². The molecule has 0 bridgehead atoms. The van der Waals surface area contributed by atoms with Crippen LogP contribution in [0.15, 0.2) is 12.2 Å². The summed E-state index contributed by atoms with van der Waals surface area (Å²) >= 11 is 0. The summed E-state index contributed by atoms with van der Waals surface area (Å²) in [6.07, 6.45) is -0.636. The minimum atomic E-state index is -0.948. The average molecular weight is 299 g/mol. The van der Waals surface area contributed by atoms with Gasteiger partial charge < -0.3 is 19.8 Å². The number of aliphatic hydroxyl groups is 1. The monoisotopic (exact) mass is 299 g/mol. The van der Waals surface area contributed by atoms with Crippen molar-refractivity contribution in [1.29, 1.82) is 0 Å². The van der Waals surface area contributed by atoms with Crippen LogP contribution < -0.4 is 0 Å². The Labute approximate surface area is 125 Å². The quantitative estimate of drug-likeness (QED) is 0.774. The van der Waals surface area contributed by atoms with Crippen LogP contribution in [0, 0.1) is 11.8 Å². The lowest BCUT2D eigenvalue weighted by atomic mass is 9.84. The third-order valence-corrected chi connectivity index (χ3v) is 3.66. The number of carboxylic acid groups (broad SMARTS) is 1. The first-order valence-electron chi connectivity index (χ1n) is 7.04. The Morgan fingerprint density at radius 3 is 2.33 bits per heavy atom. The lowest BCUT2D eigenvalue weighted by Gasteiger charge is -2.29. The molecule has 6 heteroatoms. The number of carbonyl (C=O) groups is 2. The van der Waals surface area contributed by atoms with Crippen molar-refractivity contribution in [1.82, 2.24) is 4.90 Å². The van der Waals surface area contributed by atoms with Crippen LogP contribution in [0.1, 0.15) is 34.1 Å². The molecule has 0 aliphatic carbocycles. The minimum absolute atomic E-state index is 0.109. The Bertz CT molecular complexity index is 426. The molecule has 0 spiro atoms. The van der Waals surface area contributed by atoms with Crippen molar-refractivity contribution >= 4 is 12.1 Å². The van der Waals surface area contributed by atoms with E-state index in [-0.39, 0.29) is 24.9 Å². The lowest BCUT2D eigenvalue weighted by molar-refractivity contribution is -0.138. The molecule has 6 nitrogen and oxygen atoms in total. The van der Waals surface area contributed by atoms with E-state index in [1.54, 1.807) is 20.8 Å². The van der Waals surface area contributed by atoms with Gasteiger partial charge in [0.05, 0.1) is 19.1 Å². The number of aliphatic carboxylic acids is 1. The van der Waals surface area contributed by atoms with E-state index >= 15 is 0 Å². The van der Waals surface area contributed by atoms with Crippen molar-refractivity contribution < 1.29 is 24.5 Å². The van der Waals surface area contributed by atoms with E-state index in [4.69, 9.17) is 9.84 Å². The number of nitrogens with zero attached hydrogens (tertiary/aromatic N) is 1. The van der Waals surface area contributed by atoms with Crippen LogP contribution in [-0.2, 0) is 9.53 Å². The molecule has 1 rings (SSSR count). The van der Waals surface area contributed by atoms with Crippen LogP contribution >= 0.6 is 0 Å². The summed E-state index contributed by atoms with van der Waals surface area (Å²) in [6, 6.07) is -0.558. The second-order valence-corrected chi connectivity index (χ2v) is 6.60. The van der Waals surface area contributed by atoms with E-state index in [1.165, 1.54) is 4.90 Å². The summed E-state index contributed by atoms with van der Waals surface area (Å²) in [5, 5.41) is 18.6. The molecule has 0 aromatic carbocycles. The van der Waals surface area contributed by atoms with Gasteiger partial charge in [-0.05, 0) is 27.7 Å². The lowest BCUT2D eigenvalue weighted by Crippen LogP contribution is -2.43. The maximum atomic E-state index is 12.2. The molecular weight excluding hydrogens is 274 g/mol. The Morgan fingerprint density at radius 1 is 1.38 bits per heavy atom. The van der Waals surface area contributed by atoms with Crippen molar-refractivity contribution in [2.45, 2.75) is 45.8 Å². The fraction of sp³-hybridized carbons (Fsp3) is 0.733. The van der Waals surface area contributed by atoms with Crippen molar-refractivity contribution in [3.63, 3.8) is 0 Å². The molecule has 0 aromatic rings. The molecule has 2 N–H and O–H groups in total. The fourth-order valence-corrected chi connectivity index (χ4v) is 2.75. The number of ether oxygens (including phenoxy) is 1. The number of rotatable bonds is 4. The highest BCUT2D eigenvalue weighted by atomic mass is 16.6. The summed E-state index contributed by atoms with van der Waals surface area (Å²) in [7, 11) is 0. The first kappa shape index (κ1) is 17.5. The van der Waals surface area contributed by atoms with Crippen LogP contribution in [0.25, 0.3) is 0 Å². The zero-order valence-corrected chi connectivity index (χ0v) is 13.1. The molecule has 0 radical (unpaired) electrons. The molecule has 1 saturated heterocycles. The van der Waals surface area contributed by atoms with Crippen LogP contribution in [0.4, 0.5) is 4.79 Å². The zero-order chi connectivity index (χ0) is 16.4. The SMILES string of the molecule is C=C(C)[C@@H]1CN(C(=O)OC(C)(C)C)[C@H](CO)[C@H]1CC(=O)O. The number of hydrogen-bond acceptors (Lipinski definition) is 4. The van der Waals surface area contributed by atoms with Gasteiger partial charge in [0.25, 0.3) is 0 Å². The Morgan fingerprint density at radius 2 is 1.95 bits per heavy atom. The largest absolute Gasteiger partial charge is 0.481 e. The van der Waals surface area contributed by atoms with Gasteiger partial charge in [0.15, 0.2) is 0 Å². The number of likely N-dealkylation sites (tertiary alicyclic amines) is 1. The molecule has 0 unspecified atom stereocenters. The van der Waals surface area contributed by atoms with Gasteiger partial charge in [-0.25, -0.2) is 4.79 Å². The second-order valence-electron chi connectivity index (χ2n) is 6.60. The molecular formula is C15H25NO5. The first-order valence-corrected chi connectivity index (χ1v) is 7.04. The van der Waals surface area contributed by atoms with E-state index in [1.807, 2.05) is 6.92 Å². The second kappa shape index (κ2) is 6.47. The highest BCUT2D eigenvalue weighted by molar-refractivity contribution is 5.71. The van der Waals surface area contributed by atoms with E-state index in [0.717, 1.165) is 5.57 Å². The molecule has 120 valence electrons. The van der Waals surface area contributed by atoms with E-state index in [9.17, 15) is 14.7 Å².